The summed E-state index contributed by atoms with van der Waals surface area (Å²) in [5.41, 5.74) is 0.483. The van der Waals surface area contributed by atoms with Crippen molar-refractivity contribution in [1.29, 1.82) is 0 Å². The standard InChI is InChI=1S/C14H29NS/c1-11(2)6-7-12(3)15-13-10-16-9-8-14(13,4)5/h11-13,15H,6-10H2,1-5H3. The number of nitrogens with one attached hydrogen (secondary N) is 1. The van der Waals surface area contributed by atoms with Crippen LogP contribution >= 0.6 is 11.8 Å². The second-order valence-corrected chi connectivity index (χ2v) is 7.55. The first-order valence-electron chi connectivity index (χ1n) is 6.75. The van der Waals surface area contributed by atoms with E-state index in [0.717, 1.165) is 5.92 Å². The van der Waals surface area contributed by atoms with E-state index in [1.54, 1.807) is 0 Å². The molecule has 1 nitrogen and oxygen atoms in total. The molecule has 1 fully saturated rings. The highest BCUT2D eigenvalue weighted by Gasteiger charge is 2.32. The number of rotatable bonds is 5. The summed E-state index contributed by atoms with van der Waals surface area (Å²) in [6, 6.07) is 1.37. The van der Waals surface area contributed by atoms with Gasteiger partial charge in [-0.2, -0.15) is 11.8 Å². The van der Waals surface area contributed by atoms with Crippen molar-refractivity contribution in [3.05, 3.63) is 0 Å². The molecule has 2 atom stereocenters. The highest BCUT2D eigenvalue weighted by Crippen LogP contribution is 2.34. The van der Waals surface area contributed by atoms with E-state index in [1.807, 2.05) is 0 Å². The van der Waals surface area contributed by atoms with Crippen LogP contribution in [-0.2, 0) is 0 Å². The van der Waals surface area contributed by atoms with Gasteiger partial charge in [0.05, 0.1) is 0 Å². The summed E-state index contributed by atoms with van der Waals surface area (Å²) in [6.45, 7) is 11.8. The molecule has 0 aromatic heterocycles. The zero-order valence-corrected chi connectivity index (χ0v) is 12.5. The van der Waals surface area contributed by atoms with Crippen LogP contribution in [0.2, 0.25) is 0 Å². The smallest absolute Gasteiger partial charge is 0.0212 e. The fourth-order valence-electron chi connectivity index (χ4n) is 2.22. The molecule has 16 heavy (non-hydrogen) atoms. The average Bonchev–Trinajstić information content (AvgIpc) is 2.18. The summed E-state index contributed by atoms with van der Waals surface area (Å²) in [4.78, 5) is 0. The Balaban J connectivity index is 2.34. The van der Waals surface area contributed by atoms with Crippen LogP contribution in [0.15, 0.2) is 0 Å². The van der Waals surface area contributed by atoms with Crippen molar-refractivity contribution >= 4 is 11.8 Å². The highest BCUT2D eigenvalue weighted by atomic mass is 32.2. The van der Waals surface area contributed by atoms with Crippen LogP contribution in [0.3, 0.4) is 0 Å². The maximum atomic E-state index is 3.84. The Morgan fingerprint density at radius 2 is 1.94 bits per heavy atom. The highest BCUT2D eigenvalue weighted by molar-refractivity contribution is 7.99. The number of thioether (sulfide) groups is 1. The third-order valence-electron chi connectivity index (χ3n) is 3.78. The van der Waals surface area contributed by atoms with Crippen molar-refractivity contribution in [2.75, 3.05) is 11.5 Å². The molecule has 0 aromatic carbocycles. The van der Waals surface area contributed by atoms with E-state index < -0.39 is 0 Å². The summed E-state index contributed by atoms with van der Waals surface area (Å²) < 4.78 is 0. The second-order valence-electron chi connectivity index (χ2n) is 6.40. The van der Waals surface area contributed by atoms with Gasteiger partial charge in [-0.25, -0.2) is 0 Å². The van der Waals surface area contributed by atoms with Gasteiger partial charge < -0.3 is 5.32 Å². The van der Waals surface area contributed by atoms with E-state index in [-0.39, 0.29) is 0 Å². The fraction of sp³-hybridized carbons (Fsp3) is 1.00. The minimum absolute atomic E-state index is 0.483. The van der Waals surface area contributed by atoms with Gasteiger partial charge in [0.1, 0.15) is 0 Å². The van der Waals surface area contributed by atoms with Gasteiger partial charge in [0.15, 0.2) is 0 Å². The predicted molar refractivity (Wildman–Crippen MR) is 76.2 cm³/mol. The summed E-state index contributed by atoms with van der Waals surface area (Å²) in [5.74, 6) is 3.46. The Hall–Kier alpha value is 0.310. The summed E-state index contributed by atoms with van der Waals surface area (Å²) in [6.07, 6.45) is 4.01. The molecule has 2 heteroatoms. The van der Waals surface area contributed by atoms with Crippen LogP contribution < -0.4 is 5.32 Å². The monoisotopic (exact) mass is 243 g/mol. The van der Waals surface area contributed by atoms with Gasteiger partial charge in [-0.1, -0.05) is 27.7 Å². The molecular weight excluding hydrogens is 214 g/mol. The quantitative estimate of drug-likeness (QED) is 0.785. The number of hydrogen-bond acceptors (Lipinski definition) is 2. The largest absolute Gasteiger partial charge is 0.310 e. The van der Waals surface area contributed by atoms with Crippen LogP contribution in [-0.4, -0.2) is 23.6 Å². The van der Waals surface area contributed by atoms with E-state index in [1.165, 1.54) is 30.8 Å². The van der Waals surface area contributed by atoms with Gasteiger partial charge in [0.25, 0.3) is 0 Å². The van der Waals surface area contributed by atoms with Crippen molar-refractivity contribution in [3.63, 3.8) is 0 Å². The molecule has 0 amide bonds. The molecule has 1 saturated heterocycles. The molecule has 1 aliphatic rings. The van der Waals surface area contributed by atoms with E-state index in [9.17, 15) is 0 Å². The SMILES string of the molecule is CC(C)CCC(C)NC1CSCCC1(C)C. The predicted octanol–water partition coefficient (Wildman–Crippen LogP) is 3.93. The molecule has 0 aliphatic carbocycles. The van der Waals surface area contributed by atoms with E-state index in [0.29, 0.717) is 17.5 Å². The lowest BCUT2D eigenvalue weighted by atomic mass is 9.82. The number of hydrogen-bond donors (Lipinski definition) is 1. The van der Waals surface area contributed by atoms with Crippen LogP contribution in [0.25, 0.3) is 0 Å². The fourth-order valence-corrected chi connectivity index (χ4v) is 3.84. The van der Waals surface area contributed by atoms with Crippen LogP contribution in [0.5, 0.6) is 0 Å². The summed E-state index contributed by atoms with van der Waals surface area (Å²) in [7, 11) is 0. The van der Waals surface area contributed by atoms with E-state index in [4.69, 9.17) is 0 Å². The van der Waals surface area contributed by atoms with Crippen LogP contribution in [0.4, 0.5) is 0 Å². The first-order chi connectivity index (χ1) is 7.42. The maximum absolute atomic E-state index is 3.84. The Morgan fingerprint density at radius 3 is 2.50 bits per heavy atom. The first kappa shape index (κ1) is 14.4. The van der Waals surface area contributed by atoms with Crippen molar-refractivity contribution in [3.8, 4) is 0 Å². The molecule has 0 radical (unpaired) electrons. The lowest BCUT2D eigenvalue weighted by Crippen LogP contribution is -2.49. The van der Waals surface area contributed by atoms with Crippen molar-refractivity contribution < 1.29 is 0 Å². The molecule has 0 spiro atoms. The Labute approximate surface area is 106 Å². The summed E-state index contributed by atoms with van der Waals surface area (Å²) in [5, 5.41) is 3.84. The average molecular weight is 243 g/mol. The van der Waals surface area contributed by atoms with Gasteiger partial charge in [-0.15, -0.1) is 0 Å². The first-order valence-corrected chi connectivity index (χ1v) is 7.91. The lowest BCUT2D eigenvalue weighted by Gasteiger charge is -2.40. The Bertz CT molecular complexity index is 201. The van der Waals surface area contributed by atoms with Crippen molar-refractivity contribution in [2.24, 2.45) is 11.3 Å². The maximum Gasteiger partial charge on any atom is 0.0212 e. The molecule has 96 valence electrons. The molecule has 0 aromatic rings. The normalized spacial score (nSPS) is 27.0. The molecule has 1 heterocycles. The second kappa shape index (κ2) is 6.30. The van der Waals surface area contributed by atoms with Crippen molar-refractivity contribution in [1.82, 2.24) is 5.32 Å². The van der Waals surface area contributed by atoms with Gasteiger partial charge in [0.2, 0.25) is 0 Å². The van der Waals surface area contributed by atoms with E-state index in [2.05, 4.69) is 51.7 Å². The molecular formula is C14H29NS. The molecule has 1 aliphatic heterocycles. The van der Waals surface area contributed by atoms with Crippen molar-refractivity contribution in [2.45, 2.75) is 66.0 Å². The molecule has 0 bridgehead atoms. The zero-order valence-electron chi connectivity index (χ0n) is 11.7. The van der Waals surface area contributed by atoms with Crippen LogP contribution in [0.1, 0.15) is 53.9 Å². The van der Waals surface area contributed by atoms with E-state index >= 15 is 0 Å². The molecule has 2 unspecified atom stereocenters. The lowest BCUT2D eigenvalue weighted by molar-refractivity contribution is 0.226. The molecule has 1 N–H and O–H groups in total. The minimum atomic E-state index is 0.483. The van der Waals surface area contributed by atoms with Gasteiger partial charge in [0, 0.05) is 17.8 Å². The third-order valence-corrected chi connectivity index (χ3v) is 4.84. The minimum Gasteiger partial charge on any atom is -0.310 e. The topological polar surface area (TPSA) is 12.0 Å². The van der Waals surface area contributed by atoms with Gasteiger partial charge in [-0.05, 0) is 43.3 Å². The molecule has 0 saturated carbocycles. The summed E-state index contributed by atoms with van der Waals surface area (Å²) >= 11 is 2.11. The molecule has 1 rings (SSSR count). The van der Waals surface area contributed by atoms with Gasteiger partial charge >= 0.3 is 0 Å². The Kier molecular flexibility index (Phi) is 5.66. The third kappa shape index (κ3) is 4.67. The van der Waals surface area contributed by atoms with Crippen LogP contribution in [0, 0.1) is 11.3 Å². The zero-order chi connectivity index (χ0) is 12.2. The Morgan fingerprint density at radius 1 is 1.25 bits per heavy atom. The van der Waals surface area contributed by atoms with Gasteiger partial charge in [-0.3, -0.25) is 0 Å².